The molecule has 3 aromatic rings. The maximum absolute atomic E-state index is 13.7. The van der Waals surface area contributed by atoms with Crippen molar-refractivity contribution in [2.24, 2.45) is 0 Å². The van der Waals surface area contributed by atoms with E-state index in [0.717, 1.165) is 5.52 Å². The topological polar surface area (TPSA) is 48.9 Å². The molecule has 0 bridgehead atoms. The summed E-state index contributed by atoms with van der Waals surface area (Å²) in [5.74, 6) is -0.194. The van der Waals surface area contributed by atoms with Crippen LogP contribution in [0.4, 0.5) is 4.39 Å². The lowest BCUT2D eigenvalue weighted by Crippen LogP contribution is -1.84. The van der Waals surface area contributed by atoms with Gasteiger partial charge in [-0.1, -0.05) is 12.1 Å². The number of aromatic nitrogens is 2. The van der Waals surface area contributed by atoms with Gasteiger partial charge in [0.2, 0.25) is 0 Å². The van der Waals surface area contributed by atoms with Crippen LogP contribution in [-0.4, -0.2) is 15.3 Å². The predicted molar refractivity (Wildman–Crippen MR) is 63.2 cm³/mol. The number of nitrogens with one attached hydrogen (secondary N) is 1. The predicted octanol–water partition coefficient (Wildman–Crippen LogP) is 3.07. The second kappa shape index (κ2) is 3.59. The molecule has 0 radical (unpaired) electrons. The molecule has 3 nitrogen and oxygen atoms in total. The first-order valence-electron chi connectivity index (χ1n) is 5.18. The Labute approximate surface area is 96.5 Å². The number of nitrogens with zero attached hydrogens (tertiary/aromatic N) is 1. The lowest BCUT2D eigenvalue weighted by molar-refractivity contribution is 0.476. The van der Waals surface area contributed by atoms with Crippen molar-refractivity contribution in [3.63, 3.8) is 0 Å². The van der Waals surface area contributed by atoms with Crippen molar-refractivity contribution in [3.8, 4) is 17.0 Å². The first-order valence-corrected chi connectivity index (χ1v) is 5.18. The normalized spacial score (nSPS) is 10.9. The van der Waals surface area contributed by atoms with Crippen LogP contribution in [0.2, 0.25) is 0 Å². The maximum Gasteiger partial charge on any atom is 0.132 e. The van der Waals surface area contributed by atoms with E-state index in [9.17, 15) is 9.50 Å². The van der Waals surface area contributed by atoms with Crippen molar-refractivity contribution in [2.45, 2.75) is 0 Å². The van der Waals surface area contributed by atoms with Gasteiger partial charge in [0.1, 0.15) is 17.3 Å². The van der Waals surface area contributed by atoms with Crippen molar-refractivity contribution in [2.75, 3.05) is 0 Å². The Morgan fingerprint density at radius 1 is 1.12 bits per heavy atom. The van der Waals surface area contributed by atoms with E-state index in [1.807, 2.05) is 0 Å². The Bertz CT molecular complexity index is 691. The molecule has 0 saturated carbocycles. The van der Waals surface area contributed by atoms with E-state index in [-0.39, 0.29) is 11.6 Å². The van der Waals surface area contributed by atoms with Gasteiger partial charge in [-0.2, -0.15) is 5.10 Å². The number of phenolic OH excluding ortho intramolecular Hbond substituents is 1. The number of fused-ring (bicyclic) bond motifs is 1. The maximum atomic E-state index is 13.7. The van der Waals surface area contributed by atoms with Crippen molar-refractivity contribution >= 4 is 10.9 Å². The zero-order valence-corrected chi connectivity index (χ0v) is 8.81. The van der Waals surface area contributed by atoms with Crippen LogP contribution < -0.4 is 0 Å². The zero-order valence-electron chi connectivity index (χ0n) is 8.81. The standard InChI is InChI=1S/C13H9FN2O/c14-11-4-2-1-3-9(11)13-10-7-8(17)5-6-12(10)15-16-13/h1-7,17H,(H,15,16). The van der Waals surface area contributed by atoms with E-state index >= 15 is 0 Å². The quantitative estimate of drug-likeness (QED) is 0.672. The average Bonchev–Trinajstić information content (AvgIpc) is 2.72. The number of rotatable bonds is 1. The van der Waals surface area contributed by atoms with Gasteiger partial charge < -0.3 is 5.11 Å². The van der Waals surface area contributed by atoms with Crippen LogP contribution in [0.1, 0.15) is 0 Å². The van der Waals surface area contributed by atoms with Gasteiger partial charge in [0.15, 0.2) is 0 Å². The van der Waals surface area contributed by atoms with Gasteiger partial charge >= 0.3 is 0 Å². The molecule has 0 saturated heterocycles. The third-order valence-corrected chi connectivity index (χ3v) is 2.68. The van der Waals surface area contributed by atoms with Gasteiger partial charge in [-0.25, -0.2) is 4.39 Å². The summed E-state index contributed by atoms with van der Waals surface area (Å²) in [7, 11) is 0. The third-order valence-electron chi connectivity index (χ3n) is 2.68. The molecule has 1 heterocycles. The highest BCUT2D eigenvalue weighted by molar-refractivity contribution is 5.93. The summed E-state index contributed by atoms with van der Waals surface area (Å²) in [6, 6.07) is 11.3. The highest BCUT2D eigenvalue weighted by Crippen LogP contribution is 2.30. The van der Waals surface area contributed by atoms with Crippen LogP contribution in [0.5, 0.6) is 5.75 Å². The lowest BCUT2D eigenvalue weighted by atomic mass is 10.1. The molecule has 1 aromatic heterocycles. The number of hydrogen-bond donors (Lipinski definition) is 2. The first-order chi connectivity index (χ1) is 8.25. The van der Waals surface area contributed by atoms with E-state index < -0.39 is 0 Å². The summed E-state index contributed by atoms with van der Waals surface area (Å²) >= 11 is 0. The van der Waals surface area contributed by atoms with Gasteiger partial charge in [-0.3, -0.25) is 5.10 Å². The van der Waals surface area contributed by atoms with E-state index in [1.165, 1.54) is 6.07 Å². The average molecular weight is 228 g/mol. The number of aromatic amines is 1. The van der Waals surface area contributed by atoms with Crippen LogP contribution in [0.25, 0.3) is 22.2 Å². The molecular weight excluding hydrogens is 219 g/mol. The van der Waals surface area contributed by atoms with Crippen LogP contribution in [0, 0.1) is 5.82 Å². The molecule has 0 unspecified atom stereocenters. The fraction of sp³-hybridized carbons (Fsp3) is 0. The minimum absolute atomic E-state index is 0.136. The third kappa shape index (κ3) is 1.54. The van der Waals surface area contributed by atoms with Crippen molar-refractivity contribution in [1.29, 1.82) is 0 Å². The Balaban J connectivity index is 2.31. The highest BCUT2D eigenvalue weighted by atomic mass is 19.1. The lowest BCUT2D eigenvalue weighted by Gasteiger charge is -1.99. The first kappa shape index (κ1) is 9.84. The minimum Gasteiger partial charge on any atom is -0.508 e. The molecule has 84 valence electrons. The molecular formula is C13H9FN2O. The van der Waals surface area contributed by atoms with Crippen LogP contribution in [-0.2, 0) is 0 Å². The molecule has 0 spiro atoms. The summed E-state index contributed by atoms with van der Waals surface area (Å²) in [5.41, 5.74) is 1.69. The molecule has 2 aromatic carbocycles. The Morgan fingerprint density at radius 2 is 1.94 bits per heavy atom. The zero-order chi connectivity index (χ0) is 11.8. The van der Waals surface area contributed by atoms with Crippen LogP contribution in [0.15, 0.2) is 42.5 Å². The number of H-pyrrole nitrogens is 1. The second-order valence-corrected chi connectivity index (χ2v) is 3.78. The molecule has 17 heavy (non-hydrogen) atoms. The van der Waals surface area contributed by atoms with E-state index in [0.29, 0.717) is 16.6 Å². The molecule has 2 N–H and O–H groups in total. The van der Waals surface area contributed by atoms with Crippen molar-refractivity contribution in [1.82, 2.24) is 10.2 Å². The van der Waals surface area contributed by atoms with Crippen LogP contribution >= 0.6 is 0 Å². The molecule has 0 aliphatic heterocycles. The second-order valence-electron chi connectivity index (χ2n) is 3.78. The summed E-state index contributed by atoms with van der Waals surface area (Å²) in [4.78, 5) is 0. The Kier molecular flexibility index (Phi) is 2.08. The number of hydrogen-bond acceptors (Lipinski definition) is 2. The minimum atomic E-state index is -0.329. The summed E-state index contributed by atoms with van der Waals surface area (Å²) < 4.78 is 13.7. The monoisotopic (exact) mass is 228 g/mol. The highest BCUT2D eigenvalue weighted by Gasteiger charge is 2.11. The fourth-order valence-corrected chi connectivity index (χ4v) is 1.86. The number of benzene rings is 2. The molecule has 4 heteroatoms. The Morgan fingerprint density at radius 3 is 2.76 bits per heavy atom. The SMILES string of the molecule is Oc1ccc2[nH]nc(-c3ccccc3F)c2c1. The Hall–Kier alpha value is -2.36. The van der Waals surface area contributed by atoms with Gasteiger partial charge in [-0.05, 0) is 30.3 Å². The molecule has 0 amide bonds. The number of halogens is 1. The van der Waals surface area contributed by atoms with Crippen LogP contribution in [0.3, 0.4) is 0 Å². The fourth-order valence-electron chi connectivity index (χ4n) is 1.86. The summed E-state index contributed by atoms with van der Waals surface area (Å²) in [6.45, 7) is 0. The van der Waals surface area contributed by atoms with Gasteiger partial charge in [0, 0.05) is 10.9 Å². The van der Waals surface area contributed by atoms with Gasteiger partial charge in [0.05, 0.1) is 5.52 Å². The smallest absolute Gasteiger partial charge is 0.132 e. The van der Waals surface area contributed by atoms with E-state index in [1.54, 1.807) is 36.4 Å². The van der Waals surface area contributed by atoms with Crippen molar-refractivity contribution < 1.29 is 9.50 Å². The summed E-state index contributed by atoms with van der Waals surface area (Å²) in [5, 5.41) is 17.1. The molecule has 3 rings (SSSR count). The number of aromatic hydroxyl groups is 1. The van der Waals surface area contributed by atoms with Gasteiger partial charge in [-0.15, -0.1) is 0 Å². The largest absolute Gasteiger partial charge is 0.508 e. The van der Waals surface area contributed by atoms with E-state index in [4.69, 9.17) is 0 Å². The molecule has 0 aliphatic rings. The molecule has 0 aliphatic carbocycles. The van der Waals surface area contributed by atoms with Gasteiger partial charge in [0.25, 0.3) is 0 Å². The van der Waals surface area contributed by atoms with E-state index in [2.05, 4.69) is 10.2 Å². The summed E-state index contributed by atoms with van der Waals surface area (Å²) in [6.07, 6.45) is 0. The molecule has 0 atom stereocenters. The van der Waals surface area contributed by atoms with Crippen molar-refractivity contribution in [3.05, 3.63) is 48.3 Å². The number of phenols is 1. The molecule has 0 fully saturated rings.